The van der Waals surface area contributed by atoms with Gasteiger partial charge in [-0.3, -0.25) is 10.1 Å². The molecule has 0 aromatic heterocycles. The summed E-state index contributed by atoms with van der Waals surface area (Å²) >= 11 is 3.42. The minimum absolute atomic E-state index is 0.402. The summed E-state index contributed by atoms with van der Waals surface area (Å²) in [6.07, 6.45) is 2.28. The van der Waals surface area contributed by atoms with E-state index in [1.165, 1.54) is 18.7 Å². The standard InChI is InChI=1S/C17H16BrNO4/c1-12-3-5-13(6-4-12)11-23-17-15(18)9-14(7-8-19(20)21)10-16(17)22-2/h3-10H,11H2,1-2H3/b8-7+. The lowest BCUT2D eigenvalue weighted by molar-refractivity contribution is -0.400. The van der Waals surface area contributed by atoms with Crippen molar-refractivity contribution in [1.29, 1.82) is 0 Å². The molecule has 0 radical (unpaired) electrons. The van der Waals surface area contributed by atoms with Crippen LogP contribution in [0.2, 0.25) is 0 Å². The lowest BCUT2D eigenvalue weighted by Gasteiger charge is -2.13. The molecule has 0 aliphatic carbocycles. The number of hydrogen-bond donors (Lipinski definition) is 0. The Kier molecular flexibility index (Phi) is 5.76. The molecular formula is C17H16BrNO4. The first-order valence-electron chi connectivity index (χ1n) is 6.87. The molecule has 0 amide bonds. The monoisotopic (exact) mass is 377 g/mol. The smallest absolute Gasteiger partial charge is 0.235 e. The Bertz CT molecular complexity index is 726. The van der Waals surface area contributed by atoms with E-state index < -0.39 is 4.92 Å². The maximum atomic E-state index is 10.4. The fraction of sp³-hybridized carbons (Fsp3) is 0.176. The largest absolute Gasteiger partial charge is 0.493 e. The number of aryl methyl sites for hydroxylation is 1. The van der Waals surface area contributed by atoms with Gasteiger partial charge in [0.25, 0.3) is 0 Å². The van der Waals surface area contributed by atoms with Gasteiger partial charge in [0.15, 0.2) is 11.5 Å². The molecule has 0 bridgehead atoms. The van der Waals surface area contributed by atoms with E-state index in [2.05, 4.69) is 15.9 Å². The van der Waals surface area contributed by atoms with Gasteiger partial charge in [0, 0.05) is 6.08 Å². The van der Waals surface area contributed by atoms with Crippen molar-refractivity contribution < 1.29 is 14.4 Å². The van der Waals surface area contributed by atoms with Crippen molar-refractivity contribution in [3.8, 4) is 11.5 Å². The van der Waals surface area contributed by atoms with Gasteiger partial charge in [-0.15, -0.1) is 0 Å². The van der Waals surface area contributed by atoms with Gasteiger partial charge in [0.05, 0.1) is 16.5 Å². The van der Waals surface area contributed by atoms with Gasteiger partial charge in [-0.2, -0.15) is 0 Å². The second kappa shape index (κ2) is 7.78. The molecular weight excluding hydrogens is 362 g/mol. The van der Waals surface area contributed by atoms with Crippen LogP contribution in [0, 0.1) is 17.0 Å². The van der Waals surface area contributed by atoms with Crippen molar-refractivity contribution in [3.05, 3.63) is 73.9 Å². The Labute approximate surface area is 142 Å². The Balaban J connectivity index is 2.20. The molecule has 23 heavy (non-hydrogen) atoms. The normalized spacial score (nSPS) is 10.7. The third-order valence-electron chi connectivity index (χ3n) is 3.14. The van der Waals surface area contributed by atoms with Crippen molar-refractivity contribution in [2.24, 2.45) is 0 Å². The topological polar surface area (TPSA) is 61.6 Å². The molecule has 0 N–H and O–H groups in total. The number of halogens is 1. The van der Waals surface area contributed by atoms with E-state index in [4.69, 9.17) is 9.47 Å². The van der Waals surface area contributed by atoms with Gasteiger partial charge in [0.1, 0.15) is 6.61 Å². The predicted molar refractivity (Wildman–Crippen MR) is 92.2 cm³/mol. The first-order valence-corrected chi connectivity index (χ1v) is 7.66. The van der Waals surface area contributed by atoms with Gasteiger partial charge in [-0.1, -0.05) is 29.8 Å². The molecule has 2 rings (SSSR count). The van der Waals surface area contributed by atoms with E-state index in [9.17, 15) is 10.1 Å². The minimum Gasteiger partial charge on any atom is -0.493 e. The van der Waals surface area contributed by atoms with Gasteiger partial charge in [-0.25, -0.2) is 0 Å². The summed E-state index contributed by atoms with van der Waals surface area (Å²) in [4.78, 5) is 9.90. The summed E-state index contributed by atoms with van der Waals surface area (Å²) in [6, 6.07) is 11.5. The number of nitro groups is 1. The molecule has 0 saturated heterocycles. The Hall–Kier alpha value is -2.34. The average molecular weight is 378 g/mol. The zero-order valence-corrected chi connectivity index (χ0v) is 14.4. The highest BCUT2D eigenvalue weighted by Crippen LogP contribution is 2.37. The molecule has 0 atom stereocenters. The Morgan fingerprint density at radius 3 is 2.57 bits per heavy atom. The van der Waals surface area contributed by atoms with Gasteiger partial charge in [0.2, 0.25) is 6.20 Å². The molecule has 0 unspecified atom stereocenters. The van der Waals surface area contributed by atoms with Crippen LogP contribution < -0.4 is 9.47 Å². The molecule has 2 aromatic carbocycles. The molecule has 0 aliphatic heterocycles. The zero-order chi connectivity index (χ0) is 16.8. The van der Waals surface area contributed by atoms with E-state index in [1.54, 1.807) is 12.1 Å². The second-order valence-electron chi connectivity index (χ2n) is 4.91. The van der Waals surface area contributed by atoms with E-state index in [0.717, 1.165) is 11.8 Å². The van der Waals surface area contributed by atoms with E-state index in [-0.39, 0.29) is 0 Å². The quantitative estimate of drug-likeness (QED) is 0.545. The molecule has 0 aliphatic rings. The maximum absolute atomic E-state index is 10.4. The van der Waals surface area contributed by atoms with Crippen LogP contribution in [-0.4, -0.2) is 12.0 Å². The van der Waals surface area contributed by atoms with Crippen molar-refractivity contribution in [1.82, 2.24) is 0 Å². The predicted octanol–water partition coefficient (Wildman–Crippen LogP) is 4.59. The summed E-state index contributed by atoms with van der Waals surface area (Å²) in [5, 5.41) is 10.4. The Morgan fingerprint density at radius 1 is 1.26 bits per heavy atom. The maximum Gasteiger partial charge on any atom is 0.235 e. The number of methoxy groups -OCH3 is 1. The van der Waals surface area contributed by atoms with Crippen LogP contribution in [0.5, 0.6) is 11.5 Å². The van der Waals surface area contributed by atoms with Crippen molar-refractivity contribution in [2.75, 3.05) is 7.11 Å². The van der Waals surface area contributed by atoms with Crippen LogP contribution in [0.15, 0.2) is 47.1 Å². The van der Waals surface area contributed by atoms with E-state index >= 15 is 0 Å². The molecule has 5 nitrogen and oxygen atoms in total. The van der Waals surface area contributed by atoms with Crippen molar-refractivity contribution in [2.45, 2.75) is 13.5 Å². The lowest BCUT2D eigenvalue weighted by Crippen LogP contribution is -1.99. The van der Waals surface area contributed by atoms with E-state index in [1.807, 2.05) is 31.2 Å². The number of ether oxygens (including phenoxy) is 2. The van der Waals surface area contributed by atoms with Crippen molar-refractivity contribution in [3.63, 3.8) is 0 Å². The minimum atomic E-state index is -0.512. The average Bonchev–Trinajstić information content (AvgIpc) is 2.53. The fourth-order valence-corrected chi connectivity index (χ4v) is 2.54. The van der Waals surface area contributed by atoms with Crippen molar-refractivity contribution >= 4 is 22.0 Å². The Morgan fingerprint density at radius 2 is 1.96 bits per heavy atom. The molecule has 0 heterocycles. The summed E-state index contributed by atoms with van der Waals surface area (Å²) < 4.78 is 11.8. The van der Waals surface area contributed by atoms with Crippen LogP contribution in [0.4, 0.5) is 0 Å². The first-order chi connectivity index (χ1) is 11.0. The summed E-state index contributed by atoms with van der Waals surface area (Å²) in [7, 11) is 1.53. The molecule has 0 fully saturated rings. The SMILES string of the molecule is COc1cc(/C=C/[N+](=O)[O-])cc(Br)c1OCc1ccc(C)cc1. The zero-order valence-electron chi connectivity index (χ0n) is 12.8. The van der Waals surface area contributed by atoms with Gasteiger partial charge < -0.3 is 9.47 Å². The highest BCUT2D eigenvalue weighted by atomic mass is 79.9. The summed E-state index contributed by atoms with van der Waals surface area (Å²) in [5.41, 5.74) is 2.88. The van der Waals surface area contributed by atoms with Crippen LogP contribution in [0.3, 0.4) is 0 Å². The second-order valence-corrected chi connectivity index (χ2v) is 5.76. The molecule has 6 heteroatoms. The number of benzene rings is 2. The van der Waals surface area contributed by atoms with E-state index in [0.29, 0.717) is 28.1 Å². The lowest BCUT2D eigenvalue weighted by atomic mass is 10.1. The third kappa shape index (κ3) is 4.82. The molecule has 2 aromatic rings. The van der Waals surface area contributed by atoms with Gasteiger partial charge in [-0.05, 0) is 46.1 Å². The van der Waals surface area contributed by atoms with Gasteiger partial charge >= 0.3 is 0 Å². The number of hydrogen-bond acceptors (Lipinski definition) is 4. The molecule has 120 valence electrons. The highest BCUT2D eigenvalue weighted by Gasteiger charge is 2.11. The van der Waals surface area contributed by atoms with Crippen LogP contribution >= 0.6 is 15.9 Å². The number of rotatable bonds is 6. The first kappa shape index (κ1) is 17.0. The summed E-state index contributed by atoms with van der Waals surface area (Å²) in [6.45, 7) is 2.43. The van der Waals surface area contributed by atoms with Crippen LogP contribution in [-0.2, 0) is 6.61 Å². The molecule has 0 spiro atoms. The highest BCUT2D eigenvalue weighted by molar-refractivity contribution is 9.10. The van der Waals surface area contributed by atoms with Crippen LogP contribution in [0.1, 0.15) is 16.7 Å². The fourth-order valence-electron chi connectivity index (χ4n) is 1.96. The third-order valence-corrected chi connectivity index (χ3v) is 3.73. The summed E-state index contributed by atoms with van der Waals surface area (Å²) in [5.74, 6) is 1.07. The number of nitrogens with zero attached hydrogens (tertiary/aromatic N) is 1. The molecule has 0 saturated carbocycles. The van der Waals surface area contributed by atoms with Crippen LogP contribution in [0.25, 0.3) is 6.08 Å².